The molecule has 20 heavy (non-hydrogen) atoms. The molecular formula is C14H10Cl2N2O2. The minimum atomic E-state index is -0.807. The number of nitrogens with two attached hydrogens (primary N) is 1. The number of Topliss-reactive ketones (excluding diaryl/α,β-unsaturated/α-hetero) is 1. The lowest BCUT2D eigenvalue weighted by molar-refractivity contribution is 0.0982. The molecule has 4 nitrogen and oxygen atoms in total. The van der Waals surface area contributed by atoms with E-state index in [0.29, 0.717) is 10.6 Å². The summed E-state index contributed by atoms with van der Waals surface area (Å²) >= 11 is 11.5. The van der Waals surface area contributed by atoms with E-state index in [1.807, 2.05) is 0 Å². The summed E-state index contributed by atoms with van der Waals surface area (Å²) in [7, 11) is 0. The first-order valence-electron chi connectivity index (χ1n) is 5.71. The Morgan fingerprint density at radius 3 is 2.55 bits per heavy atom. The lowest BCUT2D eigenvalue weighted by Gasteiger charge is -2.08. The van der Waals surface area contributed by atoms with Crippen molar-refractivity contribution >= 4 is 40.0 Å². The van der Waals surface area contributed by atoms with Gasteiger partial charge in [-0.25, -0.2) is 4.98 Å². The van der Waals surface area contributed by atoms with Crippen LogP contribution >= 0.6 is 23.2 Å². The van der Waals surface area contributed by atoms with Crippen LogP contribution in [0, 0.1) is 0 Å². The Balaban J connectivity index is 2.38. The lowest BCUT2D eigenvalue weighted by atomic mass is 10.00. The van der Waals surface area contributed by atoms with E-state index in [2.05, 4.69) is 4.98 Å². The van der Waals surface area contributed by atoms with E-state index in [-0.39, 0.29) is 29.1 Å². The molecule has 2 aromatic rings. The van der Waals surface area contributed by atoms with Gasteiger partial charge in [-0.05, 0) is 29.3 Å². The fourth-order valence-electron chi connectivity index (χ4n) is 1.83. The average Bonchev–Trinajstić information content (AvgIpc) is 2.40. The highest BCUT2D eigenvalue weighted by molar-refractivity contribution is 6.68. The fourth-order valence-corrected chi connectivity index (χ4v) is 2.23. The van der Waals surface area contributed by atoms with E-state index < -0.39 is 5.24 Å². The molecule has 0 saturated heterocycles. The highest BCUT2D eigenvalue weighted by Crippen LogP contribution is 2.21. The Kier molecular flexibility index (Phi) is 4.37. The molecule has 0 atom stereocenters. The number of hydrogen-bond acceptors (Lipinski definition) is 4. The molecule has 0 bridgehead atoms. The first-order valence-corrected chi connectivity index (χ1v) is 6.47. The van der Waals surface area contributed by atoms with Crippen LogP contribution in [-0.2, 0) is 6.42 Å². The molecule has 0 amide bonds. The van der Waals surface area contributed by atoms with Crippen molar-refractivity contribution < 1.29 is 9.59 Å². The summed E-state index contributed by atoms with van der Waals surface area (Å²) in [5.74, 6) is -0.355. The van der Waals surface area contributed by atoms with Crippen LogP contribution in [0.1, 0.15) is 26.3 Å². The highest BCUT2D eigenvalue weighted by Gasteiger charge is 2.20. The molecule has 1 aromatic carbocycles. The third-order valence-corrected chi connectivity index (χ3v) is 3.34. The number of nitrogen functional groups attached to an aromatic ring is 1. The zero-order chi connectivity index (χ0) is 14.7. The van der Waals surface area contributed by atoms with Gasteiger partial charge in [-0.1, -0.05) is 29.8 Å². The maximum atomic E-state index is 12.3. The van der Waals surface area contributed by atoms with Crippen molar-refractivity contribution in [3.63, 3.8) is 0 Å². The Bertz CT molecular complexity index is 687. The zero-order valence-corrected chi connectivity index (χ0v) is 11.8. The minimum Gasteiger partial charge on any atom is -0.383 e. The van der Waals surface area contributed by atoms with Crippen molar-refractivity contribution in [1.29, 1.82) is 0 Å². The topological polar surface area (TPSA) is 73.0 Å². The molecule has 1 aromatic heterocycles. The number of halogens is 2. The number of carbonyl (C=O) groups is 2. The predicted molar refractivity (Wildman–Crippen MR) is 78.3 cm³/mol. The molecule has 2 rings (SSSR count). The van der Waals surface area contributed by atoms with Crippen LogP contribution in [0.5, 0.6) is 0 Å². The van der Waals surface area contributed by atoms with E-state index >= 15 is 0 Å². The van der Waals surface area contributed by atoms with Gasteiger partial charge in [0.1, 0.15) is 5.82 Å². The average molecular weight is 309 g/mol. The smallest absolute Gasteiger partial charge is 0.256 e. The van der Waals surface area contributed by atoms with Crippen LogP contribution < -0.4 is 5.73 Å². The van der Waals surface area contributed by atoms with Gasteiger partial charge >= 0.3 is 0 Å². The van der Waals surface area contributed by atoms with Crippen LogP contribution in [-0.4, -0.2) is 16.0 Å². The van der Waals surface area contributed by atoms with Gasteiger partial charge in [-0.2, -0.15) is 0 Å². The van der Waals surface area contributed by atoms with Gasteiger partial charge in [0.05, 0.1) is 5.56 Å². The number of hydrogen-bond donors (Lipinski definition) is 1. The first-order chi connectivity index (χ1) is 9.50. The SMILES string of the molecule is Nc1nccc(C(=O)Cc2ccccc2Cl)c1C(=O)Cl. The summed E-state index contributed by atoms with van der Waals surface area (Å²) < 4.78 is 0. The van der Waals surface area contributed by atoms with Gasteiger partial charge in [-0.3, -0.25) is 9.59 Å². The van der Waals surface area contributed by atoms with Crippen molar-refractivity contribution in [1.82, 2.24) is 4.98 Å². The molecule has 0 aliphatic carbocycles. The maximum Gasteiger partial charge on any atom is 0.256 e. The second-order valence-corrected chi connectivity index (χ2v) is 4.83. The molecule has 0 spiro atoms. The molecule has 0 fully saturated rings. The minimum absolute atomic E-state index is 0.0558. The second kappa shape index (κ2) is 6.03. The largest absolute Gasteiger partial charge is 0.383 e. The van der Waals surface area contributed by atoms with Crippen LogP contribution in [0.2, 0.25) is 5.02 Å². The van der Waals surface area contributed by atoms with Crippen LogP contribution in [0.25, 0.3) is 0 Å². The van der Waals surface area contributed by atoms with Crippen molar-refractivity contribution in [2.75, 3.05) is 5.73 Å². The number of benzene rings is 1. The number of ketones is 1. The molecule has 0 unspecified atom stereocenters. The number of pyridine rings is 1. The standard InChI is InChI=1S/C14H10Cl2N2O2/c15-10-4-2-1-3-8(10)7-11(19)9-5-6-18-14(17)12(9)13(16)20/h1-6H,7H2,(H2,17,18). The van der Waals surface area contributed by atoms with Gasteiger partial charge < -0.3 is 5.73 Å². The third-order valence-electron chi connectivity index (χ3n) is 2.79. The van der Waals surface area contributed by atoms with Gasteiger partial charge in [-0.15, -0.1) is 0 Å². The summed E-state index contributed by atoms with van der Waals surface area (Å²) in [5.41, 5.74) is 6.34. The van der Waals surface area contributed by atoms with Gasteiger partial charge in [0.25, 0.3) is 5.24 Å². The number of nitrogens with zero attached hydrogens (tertiary/aromatic N) is 1. The summed E-state index contributed by atoms with van der Waals surface area (Å²) in [6, 6.07) is 8.41. The highest BCUT2D eigenvalue weighted by atomic mass is 35.5. The fraction of sp³-hybridized carbons (Fsp3) is 0.0714. The molecule has 102 valence electrons. The predicted octanol–water partition coefficient (Wildman–Crippen LogP) is 3.12. The van der Waals surface area contributed by atoms with E-state index in [1.54, 1.807) is 24.3 Å². The van der Waals surface area contributed by atoms with E-state index in [1.165, 1.54) is 12.3 Å². The summed E-state index contributed by atoms with van der Waals surface area (Å²) in [4.78, 5) is 27.4. The molecule has 0 aliphatic rings. The van der Waals surface area contributed by atoms with Crippen molar-refractivity contribution in [2.45, 2.75) is 6.42 Å². The zero-order valence-electron chi connectivity index (χ0n) is 10.3. The second-order valence-electron chi connectivity index (χ2n) is 4.08. The van der Waals surface area contributed by atoms with Crippen molar-refractivity contribution in [2.24, 2.45) is 0 Å². The van der Waals surface area contributed by atoms with Gasteiger partial charge in [0, 0.05) is 23.2 Å². The van der Waals surface area contributed by atoms with E-state index in [0.717, 1.165) is 0 Å². The van der Waals surface area contributed by atoms with Crippen LogP contribution in [0.4, 0.5) is 5.82 Å². The Labute approximate surface area is 125 Å². The number of aromatic nitrogens is 1. The first kappa shape index (κ1) is 14.5. The molecule has 0 saturated carbocycles. The van der Waals surface area contributed by atoms with E-state index in [4.69, 9.17) is 28.9 Å². The van der Waals surface area contributed by atoms with Crippen LogP contribution in [0.3, 0.4) is 0 Å². The van der Waals surface area contributed by atoms with Gasteiger partial charge in [0.2, 0.25) is 0 Å². The van der Waals surface area contributed by atoms with Crippen molar-refractivity contribution in [3.8, 4) is 0 Å². The third kappa shape index (κ3) is 2.98. The summed E-state index contributed by atoms with van der Waals surface area (Å²) in [6.07, 6.45) is 1.42. The molecule has 2 N–H and O–H groups in total. The quantitative estimate of drug-likeness (QED) is 0.695. The molecule has 1 heterocycles. The van der Waals surface area contributed by atoms with Crippen LogP contribution in [0.15, 0.2) is 36.5 Å². The molecule has 0 radical (unpaired) electrons. The monoisotopic (exact) mass is 308 g/mol. The Morgan fingerprint density at radius 2 is 1.90 bits per heavy atom. The number of anilines is 1. The summed E-state index contributed by atoms with van der Waals surface area (Å²) in [5, 5.41) is -0.320. The Hall–Kier alpha value is -1.91. The van der Waals surface area contributed by atoms with E-state index in [9.17, 15) is 9.59 Å². The lowest BCUT2D eigenvalue weighted by Crippen LogP contribution is -2.12. The summed E-state index contributed by atoms with van der Waals surface area (Å²) in [6.45, 7) is 0. The van der Waals surface area contributed by atoms with Gasteiger partial charge in [0.15, 0.2) is 5.78 Å². The molecule has 6 heteroatoms. The maximum absolute atomic E-state index is 12.3. The van der Waals surface area contributed by atoms with Crippen molar-refractivity contribution in [3.05, 3.63) is 58.2 Å². The Morgan fingerprint density at radius 1 is 1.20 bits per heavy atom. The normalized spacial score (nSPS) is 10.3. The number of rotatable bonds is 4. The molecular weight excluding hydrogens is 299 g/mol. The molecule has 0 aliphatic heterocycles. The number of carbonyl (C=O) groups excluding carboxylic acids is 2.